The van der Waals surface area contributed by atoms with Crippen LogP contribution in [0.3, 0.4) is 0 Å². The molecular weight excluding hydrogens is 242 g/mol. The molecule has 0 radical (unpaired) electrons. The van der Waals surface area contributed by atoms with Gasteiger partial charge in [-0.05, 0) is 18.1 Å². The lowest BCUT2D eigenvalue weighted by atomic mass is 10.1. The summed E-state index contributed by atoms with van der Waals surface area (Å²) in [6.07, 6.45) is -0.107. The Hall–Kier alpha value is -1.40. The molecule has 0 aliphatic rings. The predicted octanol–water partition coefficient (Wildman–Crippen LogP) is 0.753. The van der Waals surface area contributed by atoms with Crippen molar-refractivity contribution in [2.24, 2.45) is 0 Å². The van der Waals surface area contributed by atoms with E-state index in [9.17, 15) is 13.2 Å². The molecule has 0 spiro atoms. The first-order valence-corrected chi connectivity index (χ1v) is 6.85. The summed E-state index contributed by atoms with van der Waals surface area (Å²) >= 11 is 0. The number of hydrogen-bond donors (Lipinski definition) is 2. The van der Waals surface area contributed by atoms with Crippen LogP contribution in [0.25, 0.3) is 0 Å². The summed E-state index contributed by atoms with van der Waals surface area (Å²) in [4.78, 5) is 10.6. The zero-order chi connectivity index (χ0) is 12.9. The number of carbonyl (C=O) groups is 1. The molecule has 0 aliphatic heterocycles. The van der Waals surface area contributed by atoms with Gasteiger partial charge in [0.25, 0.3) is 0 Å². The molecule has 0 heterocycles. The standard InChI is InChI=1S/C11H15NO4S/c1-2-17(15,16)12-8-10-6-4-3-5-9(10)7-11(13)14/h3-6,12H,2,7-8H2,1H3,(H,13,14). The van der Waals surface area contributed by atoms with E-state index in [1.165, 1.54) is 0 Å². The Bertz CT molecular complexity index is 496. The summed E-state index contributed by atoms with van der Waals surface area (Å²) < 4.78 is 25.0. The lowest BCUT2D eigenvalue weighted by Crippen LogP contribution is -2.25. The third kappa shape index (κ3) is 4.54. The van der Waals surface area contributed by atoms with Crippen molar-refractivity contribution in [3.63, 3.8) is 0 Å². The predicted molar refractivity (Wildman–Crippen MR) is 64.1 cm³/mol. The van der Waals surface area contributed by atoms with Crippen molar-refractivity contribution in [3.8, 4) is 0 Å². The third-order valence-corrected chi connectivity index (χ3v) is 3.67. The zero-order valence-electron chi connectivity index (χ0n) is 9.51. The first-order valence-electron chi connectivity index (χ1n) is 5.20. The Morgan fingerprint density at radius 3 is 2.41 bits per heavy atom. The summed E-state index contributed by atoms with van der Waals surface area (Å²) in [6.45, 7) is 1.67. The minimum Gasteiger partial charge on any atom is -0.481 e. The van der Waals surface area contributed by atoms with Gasteiger partial charge in [0.1, 0.15) is 0 Å². The van der Waals surface area contributed by atoms with Gasteiger partial charge in [-0.3, -0.25) is 4.79 Å². The number of sulfonamides is 1. The number of aliphatic carboxylic acids is 1. The first kappa shape index (κ1) is 13.7. The second-order valence-electron chi connectivity index (χ2n) is 3.56. The molecule has 0 bridgehead atoms. The maximum absolute atomic E-state index is 11.3. The van der Waals surface area contributed by atoms with E-state index in [1.807, 2.05) is 0 Å². The molecular formula is C11H15NO4S. The SMILES string of the molecule is CCS(=O)(=O)NCc1ccccc1CC(=O)O. The van der Waals surface area contributed by atoms with E-state index in [0.29, 0.717) is 11.1 Å². The Kier molecular flexibility index (Phi) is 4.65. The van der Waals surface area contributed by atoms with Crippen LogP contribution in [0.2, 0.25) is 0 Å². The molecule has 0 saturated carbocycles. The minimum absolute atomic E-state index is 0.00803. The van der Waals surface area contributed by atoms with Crippen LogP contribution in [0, 0.1) is 0 Å². The number of carboxylic acids is 1. The first-order chi connectivity index (χ1) is 7.94. The van der Waals surface area contributed by atoms with Crippen LogP contribution in [-0.2, 0) is 27.8 Å². The van der Waals surface area contributed by atoms with Crippen molar-refractivity contribution in [3.05, 3.63) is 35.4 Å². The van der Waals surface area contributed by atoms with E-state index in [0.717, 1.165) is 0 Å². The van der Waals surface area contributed by atoms with Crippen molar-refractivity contribution >= 4 is 16.0 Å². The van der Waals surface area contributed by atoms with Gasteiger partial charge < -0.3 is 5.11 Å². The second kappa shape index (κ2) is 5.79. The Balaban J connectivity index is 2.80. The van der Waals surface area contributed by atoms with Gasteiger partial charge in [-0.2, -0.15) is 0 Å². The van der Waals surface area contributed by atoms with Gasteiger partial charge in [0.2, 0.25) is 10.0 Å². The van der Waals surface area contributed by atoms with Gasteiger partial charge in [-0.25, -0.2) is 13.1 Å². The van der Waals surface area contributed by atoms with Crippen LogP contribution in [0.5, 0.6) is 0 Å². The largest absolute Gasteiger partial charge is 0.481 e. The summed E-state index contributed by atoms with van der Waals surface area (Å²) in [6, 6.07) is 6.89. The van der Waals surface area contributed by atoms with Gasteiger partial charge in [0.15, 0.2) is 0 Å². The summed E-state index contributed by atoms with van der Waals surface area (Å²) in [5.41, 5.74) is 1.31. The molecule has 0 fully saturated rings. The monoisotopic (exact) mass is 257 g/mol. The van der Waals surface area contributed by atoms with Gasteiger partial charge in [0.05, 0.1) is 12.2 Å². The normalized spacial score (nSPS) is 11.4. The highest BCUT2D eigenvalue weighted by Gasteiger charge is 2.09. The van der Waals surface area contributed by atoms with E-state index < -0.39 is 16.0 Å². The van der Waals surface area contributed by atoms with Crippen LogP contribution in [0.1, 0.15) is 18.1 Å². The third-order valence-electron chi connectivity index (χ3n) is 2.32. The molecule has 0 aromatic heterocycles. The maximum atomic E-state index is 11.3. The number of rotatable bonds is 6. The highest BCUT2D eigenvalue weighted by Crippen LogP contribution is 2.09. The van der Waals surface area contributed by atoms with E-state index >= 15 is 0 Å². The zero-order valence-corrected chi connectivity index (χ0v) is 10.3. The number of nitrogens with one attached hydrogen (secondary N) is 1. The molecule has 1 aromatic carbocycles. The molecule has 1 aromatic rings. The molecule has 0 unspecified atom stereocenters. The summed E-state index contributed by atoms with van der Waals surface area (Å²) in [5.74, 6) is -0.926. The van der Waals surface area contributed by atoms with Gasteiger partial charge >= 0.3 is 5.97 Å². The average molecular weight is 257 g/mol. The molecule has 5 nitrogen and oxygen atoms in total. The van der Waals surface area contributed by atoms with Crippen molar-refractivity contribution in [2.45, 2.75) is 19.9 Å². The van der Waals surface area contributed by atoms with Gasteiger partial charge in [0, 0.05) is 6.54 Å². The van der Waals surface area contributed by atoms with Crippen LogP contribution in [0.15, 0.2) is 24.3 Å². The minimum atomic E-state index is -3.26. The summed E-state index contributed by atoms with van der Waals surface area (Å²) in [5, 5.41) is 8.73. The van der Waals surface area contributed by atoms with E-state index in [-0.39, 0.29) is 18.7 Å². The van der Waals surface area contributed by atoms with Crippen molar-refractivity contribution < 1.29 is 18.3 Å². The van der Waals surface area contributed by atoms with E-state index in [2.05, 4.69) is 4.72 Å². The van der Waals surface area contributed by atoms with Crippen molar-refractivity contribution in [1.29, 1.82) is 0 Å². The van der Waals surface area contributed by atoms with E-state index in [4.69, 9.17) is 5.11 Å². The van der Waals surface area contributed by atoms with Crippen molar-refractivity contribution in [2.75, 3.05) is 5.75 Å². The number of carboxylic acid groups (broad SMARTS) is 1. The van der Waals surface area contributed by atoms with Crippen LogP contribution in [-0.4, -0.2) is 25.2 Å². The highest BCUT2D eigenvalue weighted by molar-refractivity contribution is 7.89. The Morgan fingerprint density at radius 2 is 1.88 bits per heavy atom. The fourth-order valence-electron chi connectivity index (χ4n) is 1.36. The molecule has 6 heteroatoms. The molecule has 94 valence electrons. The van der Waals surface area contributed by atoms with E-state index in [1.54, 1.807) is 31.2 Å². The molecule has 17 heavy (non-hydrogen) atoms. The van der Waals surface area contributed by atoms with Gasteiger partial charge in [-0.15, -0.1) is 0 Å². The summed E-state index contributed by atoms with van der Waals surface area (Å²) in [7, 11) is -3.26. The van der Waals surface area contributed by atoms with Crippen LogP contribution >= 0.6 is 0 Å². The fourth-order valence-corrected chi connectivity index (χ4v) is 1.93. The average Bonchev–Trinajstić information content (AvgIpc) is 2.27. The smallest absolute Gasteiger partial charge is 0.307 e. The Labute approximate surface area is 101 Å². The molecule has 0 saturated heterocycles. The number of benzene rings is 1. The fraction of sp³-hybridized carbons (Fsp3) is 0.364. The van der Waals surface area contributed by atoms with Crippen molar-refractivity contribution in [1.82, 2.24) is 4.72 Å². The molecule has 0 atom stereocenters. The Morgan fingerprint density at radius 1 is 1.29 bits per heavy atom. The van der Waals surface area contributed by atoms with Crippen LogP contribution < -0.4 is 4.72 Å². The molecule has 2 N–H and O–H groups in total. The lowest BCUT2D eigenvalue weighted by molar-refractivity contribution is -0.136. The molecule has 0 aliphatic carbocycles. The quantitative estimate of drug-likeness (QED) is 0.787. The maximum Gasteiger partial charge on any atom is 0.307 e. The topological polar surface area (TPSA) is 83.5 Å². The highest BCUT2D eigenvalue weighted by atomic mass is 32.2. The second-order valence-corrected chi connectivity index (χ2v) is 5.66. The number of hydrogen-bond acceptors (Lipinski definition) is 3. The van der Waals surface area contributed by atoms with Crippen LogP contribution in [0.4, 0.5) is 0 Å². The molecule has 1 rings (SSSR count). The lowest BCUT2D eigenvalue weighted by Gasteiger charge is -2.08. The van der Waals surface area contributed by atoms with Gasteiger partial charge in [-0.1, -0.05) is 24.3 Å². The molecule has 0 amide bonds.